The van der Waals surface area contributed by atoms with Crippen LogP contribution in [0.3, 0.4) is 0 Å². The maximum Gasteiger partial charge on any atom is 0.179 e. The smallest absolute Gasteiger partial charge is 0.179 e. The van der Waals surface area contributed by atoms with Gasteiger partial charge in [0, 0.05) is 32.9 Å². The molecule has 2 nitrogen and oxygen atoms in total. The van der Waals surface area contributed by atoms with Crippen molar-refractivity contribution in [1.29, 1.82) is 0 Å². The van der Waals surface area contributed by atoms with Crippen LogP contribution in [0.5, 0.6) is 0 Å². The van der Waals surface area contributed by atoms with Gasteiger partial charge in [-0.15, -0.1) is 0 Å². The molecular weight excluding hydrogens is 777 g/mol. The van der Waals surface area contributed by atoms with E-state index in [0.29, 0.717) is 10.9 Å². The lowest BCUT2D eigenvalue weighted by molar-refractivity contribution is 1.17. The van der Waals surface area contributed by atoms with E-state index in [4.69, 9.17) is 1.37 Å². The van der Waals surface area contributed by atoms with Crippen LogP contribution in [-0.4, -0.2) is 17.2 Å². The largest absolute Gasteiger partial charge is 0.309 e. The van der Waals surface area contributed by atoms with Crippen molar-refractivity contribution in [3.05, 3.63) is 255 Å². The van der Waals surface area contributed by atoms with Gasteiger partial charge in [-0.3, -0.25) is 0 Å². The summed E-state index contributed by atoms with van der Waals surface area (Å²) in [6, 6.07) is 84.7. The lowest BCUT2D eigenvalue weighted by atomic mass is 10.0. The molecule has 0 radical (unpaired) electrons. The normalized spacial score (nSPS) is 12.5. The molecule has 0 N–H and O–H groups in total. The standard InChI is InChI=1S/C60H42N2Si/c1-5-19-43(20-6-1)44-21-17-23-47(39-44)61-58-34-16-14-32-54(58)56-42-48(36-38-59(56)61)62-57-33-15-13-31-53(57)55-37-35-46(41-60(55)62)45-22-18-30-52(40-45)63(49-24-7-2-8-25-49,50-26-9-3-10-27-50)51-28-11-4-12-29-51/h1-42H/i13D,31D,33D. The summed E-state index contributed by atoms with van der Waals surface area (Å²) in [5, 5.41) is 8.90. The highest BCUT2D eigenvalue weighted by Gasteiger charge is 2.41. The van der Waals surface area contributed by atoms with Crippen molar-refractivity contribution in [1.82, 2.24) is 9.13 Å². The lowest BCUT2D eigenvalue weighted by Gasteiger charge is -2.34. The van der Waals surface area contributed by atoms with Gasteiger partial charge in [0.2, 0.25) is 0 Å². The highest BCUT2D eigenvalue weighted by Crippen LogP contribution is 2.38. The van der Waals surface area contributed by atoms with Gasteiger partial charge in [0.15, 0.2) is 8.07 Å². The molecule has 12 rings (SSSR count). The topological polar surface area (TPSA) is 9.86 Å². The molecule has 0 saturated heterocycles. The third-order valence-corrected chi connectivity index (χ3v) is 17.6. The molecule has 2 aromatic heterocycles. The van der Waals surface area contributed by atoms with Gasteiger partial charge in [0.05, 0.1) is 26.2 Å². The second kappa shape index (κ2) is 15.2. The van der Waals surface area contributed by atoms with Gasteiger partial charge >= 0.3 is 0 Å². The molecule has 0 fully saturated rings. The summed E-state index contributed by atoms with van der Waals surface area (Å²) >= 11 is 0. The number of hydrogen-bond acceptors (Lipinski definition) is 0. The van der Waals surface area contributed by atoms with E-state index in [2.05, 4.69) is 234 Å². The Balaban J connectivity index is 1.08. The van der Waals surface area contributed by atoms with Gasteiger partial charge in [-0.05, 0) is 91.5 Å². The molecule has 0 aliphatic rings. The molecule has 12 aromatic rings. The van der Waals surface area contributed by atoms with Crippen molar-refractivity contribution < 1.29 is 4.11 Å². The van der Waals surface area contributed by atoms with Crippen LogP contribution in [-0.2, 0) is 0 Å². The molecule has 0 atom stereocenters. The number of nitrogens with zero attached hydrogens (tertiary/aromatic N) is 2. The zero-order valence-electron chi connectivity index (χ0n) is 37.4. The Hall–Kier alpha value is -7.98. The molecule has 3 heteroatoms. The molecule has 10 aromatic carbocycles. The Morgan fingerprint density at radius 2 is 0.810 bits per heavy atom. The van der Waals surface area contributed by atoms with Crippen molar-refractivity contribution in [3.63, 3.8) is 0 Å². The van der Waals surface area contributed by atoms with Crippen LogP contribution in [0, 0.1) is 0 Å². The highest BCUT2D eigenvalue weighted by molar-refractivity contribution is 7.19. The first-order valence-corrected chi connectivity index (χ1v) is 23.5. The zero-order valence-corrected chi connectivity index (χ0v) is 35.4. The van der Waals surface area contributed by atoms with Crippen LogP contribution in [0.15, 0.2) is 255 Å². The number of hydrogen-bond donors (Lipinski definition) is 0. The SMILES string of the molecule is [2H]c1cc([2H])c2c(c1[2H])c1ccc(-c3cccc([Si](c4ccccc4)(c4ccccc4)c4ccccc4)c3)cc1n2-c1ccc2c(c1)c1ccccc1n2-c1cccc(-c2ccccc2)c1. The molecule has 0 bridgehead atoms. The Kier molecular flexibility index (Phi) is 8.12. The van der Waals surface area contributed by atoms with Gasteiger partial charge in [-0.1, -0.05) is 206 Å². The lowest BCUT2D eigenvalue weighted by Crippen LogP contribution is -2.74. The fourth-order valence-corrected chi connectivity index (χ4v) is 14.8. The maximum atomic E-state index is 9.36. The van der Waals surface area contributed by atoms with Crippen molar-refractivity contribution in [2.45, 2.75) is 0 Å². The maximum absolute atomic E-state index is 9.36. The quantitative estimate of drug-likeness (QED) is 0.107. The van der Waals surface area contributed by atoms with Gasteiger partial charge in [0.25, 0.3) is 0 Å². The van der Waals surface area contributed by atoms with Crippen molar-refractivity contribution >= 4 is 72.4 Å². The van der Waals surface area contributed by atoms with Crippen LogP contribution in [0.25, 0.3) is 77.2 Å². The van der Waals surface area contributed by atoms with E-state index in [1.54, 1.807) is 0 Å². The van der Waals surface area contributed by atoms with E-state index in [1.807, 2.05) is 6.07 Å². The molecule has 0 aliphatic heterocycles. The average molecular weight is 822 g/mol. The van der Waals surface area contributed by atoms with Gasteiger partial charge in [-0.2, -0.15) is 0 Å². The monoisotopic (exact) mass is 821 g/mol. The number of benzene rings is 10. The van der Waals surface area contributed by atoms with E-state index >= 15 is 0 Å². The van der Waals surface area contributed by atoms with Crippen molar-refractivity contribution in [2.24, 2.45) is 0 Å². The van der Waals surface area contributed by atoms with Crippen LogP contribution >= 0.6 is 0 Å². The molecule has 0 amide bonds. The number of rotatable bonds is 8. The summed E-state index contributed by atoms with van der Waals surface area (Å²) in [4.78, 5) is 0. The first-order valence-electron chi connectivity index (χ1n) is 23.0. The summed E-state index contributed by atoms with van der Waals surface area (Å²) in [6.45, 7) is 0. The fraction of sp³-hybridized carbons (Fsp3) is 0. The van der Waals surface area contributed by atoms with Crippen LogP contribution in [0.2, 0.25) is 0 Å². The molecule has 296 valence electrons. The minimum absolute atomic E-state index is 0.0450. The summed E-state index contributed by atoms with van der Waals surface area (Å²) in [7, 11) is -2.80. The minimum atomic E-state index is -2.80. The van der Waals surface area contributed by atoms with Crippen molar-refractivity contribution in [3.8, 4) is 33.6 Å². The summed E-state index contributed by atoms with van der Waals surface area (Å²) in [5.41, 5.74) is 10.1. The second-order valence-electron chi connectivity index (χ2n) is 16.2. The van der Waals surface area contributed by atoms with Crippen LogP contribution < -0.4 is 20.7 Å². The molecule has 0 aliphatic carbocycles. The summed E-state index contributed by atoms with van der Waals surface area (Å²) < 4.78 is 31.8. The Morgan fingerprint density at radius 3 is 1.52 bits per heavy atom. The Bertz CT molecular complexity index is 3690. The average Bonchev–Trinajstić information content (AvgIpc) is 3.90. The molecule has 0 saturated carbocycles. The first kappa shape index (κ1) is 33.7. The summed E-state index contributed by atoms with van der Waals surface area (Å²) in [6.07, 6.45) is 0. The van der Waals surface area contributed by atoms with E-state index in [0.717, 1.165) is 60.8 Å². The molecular formula is C60H42N2Si. The van der Waals surface area contributed by atoms with Gasteiger partial charge in [-0.25, -0.2) is 0 Å². The second-order valence-corrected chi connectivity index (χ2v) is 20.1. The van der Waals surface area contributed by atoms with Crippen molar-refractivity contribution in [2.75, 3.05) is 0 Å². The van der Waals surface area contributed by atoms with E-state index < -0.39 is 8.07 Å². The number of fused-ring (bicyclic) bond motifs is 6. The summed E-state index contributed by atoms with van der Waals surface area (Å²) in [5.74, 6) is 0. The van der Waals surface area contributed by atoms with E-state index in [9.17, 15) is 2.74 Å². The van der Waals surface area contributed by atoms with Gasteiger partial charge < -0.3 is 9.13 Å². The number of aromatic nitrogens is 2. The molecule has 2 heterocycles. The first-order chi connectivity index (χ1) is 32.5. The zero-order chi connectivity index (χ0) is 44.4. The molecule has 0 unspecified atom stereocenters. The Labute approximate surface area is 372 Å². The predicted octanol–water partition coefficient (Wildman–Crippen LogP) is 12.6. The van der Waals surface area contributed by atoms with Gasteiger partial charge in [0.1, 0.15) is 0 Å². The minimum Gasteiger partial charge on any atom is -0.309 e. The van der Waals surface area contributed by atoms with Crippen LogP contribution in [0.4, 0.5) is 0 Å². The van der Waals surface area contributed by atoms with Crippen LogP contribution in [0.1, 0.15) is 4.11 Å². The Morgan fingerprint density at radius 1 is 0.286 bits per heavy atom. The fourth-order valence-electron chi connectivity index (χ4n) is 10.0. The molecule has 0 spiro atoms. The third kappa shape index (κ3) is 6.00. The van der Waals surface area contributed by atoms with E-state index in [-0.39, 0.29) is 18.1 Å². The highest BCUT2D eigenvalue weighted by atomic mass is 28.3. The number of para-hydroxylation sites is 2. The predicted molar refractivity (Wildman–Crippen MR) is 270 cm³/mol. The third-order valence-electron chi connectivity index (χ3n) is 12.8. The van der Waals surface area contributed by atoms with E-state index in [1.165, 1.54) is 32.4 Å². The molecule has 63 heavy (non-hydrogen) atoms.